The number of hydrogen-bond acceptors (Lipinski definition) is 4. The van der Waals surface area contributed by atoms with E-state index < -0.39 is 0 Å². The number of H-pyrrole nitrogens is 1. The van der Waals surface area contributed by atoms with Gasteiger partial charge in [0, 0.05) is 44.0 Å². The Hall–Kier alpha value is -2.15. The summed E-state index contributed by atoms with van der Waals surface area (Å²) in [5, 5.41) is 3.02. The van der Waals surface area contributed by atoms with Crippen LogP contribution in [0.3, 0.4) is 0 Å². The van der Waals surface area contributed by atoms with Gasteiger partial charge < -0.3 is 15.2 Å². The van der Waals surface area contributed by atoms with Crippen LogP contribution in [0.15, 0.2) is 12.3 Å². The third-order valence-corrected chi connectivity index (χ3v) is 6.19. The Morgan fingerprint density at radius 1 is 1.21 bits per heavy atom. The molecule has 2 atom stereocenters. The van der Waals surface area contributed by atoms with E-state index in [1.54, 1.807) is 12.3 Å². The van der Waals surface area contributed by atoms with E-state index in [1.807, 2.05) is 4.90 Å². The average Bonchev–Trinajstić information content (AvgIpc) is 3.41. The Kier molecular flexibility index (Phi) is 7.47. The molecular weight excluding hydrogens is 368 g/mol. The summed E-state index contributed by atoms with van der Waals surface area (Å²) in [6.07, 6.45) is 7.53. The first-order valence-corrected chi connectivity index (χ1v) is 11.0. The molecule has 2 aliphatic rings. The van der Waals surface area contributed by atoms with Crippen molar-refractivity contribution in [3.8, 4) is 0 Å². The van der Waals surface area contributed by atoms with E-state index in [0.717, 1.165) is 58.2 Å². The fraction of sp³-hybridized carbons (Fsp3) is 0.682. The minimum atomic E-state index is -0.0608. The van der Waals surface area contributed by atoms with Crippen LogP contribution in [0.2, 0.25) is 0 Å². The smallest absolute Gasteiger partial charge is 0.270 e. The van der Waals surface area contributed by atoms with Crippen molar-refractivity contribution in [3.63, 3.8) is 0 Å². The number of carbonyl (C=O) groups is 3. The molecule has 0 bridgehead atoms. The first-order valence-electron chi connectivity index (χ1n) is 11.0. The monoisotopic (exact) mass is 402 g/mol. The van der Waals surface area contributed by atoms with Crippen molar-refractivity contribution in [3.05, 3.63) is 23.5 Å². The van der Waals surface area contributed by atoms with Crippen molar-refractivity contribution >= 4 is 17.6 Å². The van der Waals surface area contributed by atoms with Crippen molar-refractivity contribution in [2.45, 2.75) is 58.4 Å². The number of nitrogens with one attached hydrogen (secondary N) is 2. The first kappa shape index (κ1) is 21.6. The zero-order valence-corrected chi connectivity index (χ0v) is 17.7. The van der Waals surface area contributed by atoms with E-state index >= 15 is 0 Å². The average molecular weight is 403 g/mol. The lowest BCUT2D eigenvalue weighted by Gasteiger charge is -2.36. The summed E-state index contributed by atoms with van der Waals surface area (Å²) >= 11 is 0. The second-order valence-electron chi connectivity index (χ2n) is 8.42. The number of nitrogens with zero attached hydrogens (tertiary/aromatic N) is 2. The Morgan fingerprint density at radius 2 is 1.97 bits per heavy atom. The number of likely N-dealkylation sites (tertiary alicyclic amines) is 2. The maximum absolute atomic E-state index is 12.8. The minimum absolute atomic E-state index is 0.0133. The second kappa shape index (κ2) is 10.1. The van der Waals surface area contributed by atoms with E-state index in [9.17, 15) is 14.4 Å². The third kappa shape index (κ3) is 5.47. The lowest BCUT2D eigenvalue weighted by atomic mass is 9.92. The standard InChI is InChI=1S/C22H34N4O3/c1-3-4-9-23-21(28)17-8-7-16(2)26(14-17)15-20(27)18-12-19(24-13-18)22(29)25-10-5-6-11-25/h12-13,16-17,24H,3-11,14-15H2,1-2H3,(H,23,28). The SMILES string of the molecule is CCCCNC(=O)C1CCC(C)N(CC(=O)c2c[nH]c(C(=O)N3CCCC3)c2)C1. The van der Waals surface area contributed by atoms with Gasteiger partial charge in [-0.2, -0.15) is 0 Å². The molecule has 2 N–H and O–H groups in total. The lowest BCUT2D eigenvalue weighted by Crippen LogP contribution is -2.48. The number of rotatable bonds is 8. The van der Waals surface area contributed by atoms with Gasteiger partial charge in [-0.3, -0.25) is 19.3 Å². The highest BCUT2D eigenvalue weighted by Crippen LogP contribution is 2.23. The Balaban J connectivity index is 1.56. The molecule has 2 fully saturated rings. The lowest BCUT2D eigenvalue weighted by molar-refractivity contribution is -0.127. The van der Waals surface area contributed by atoms with Crippen molar-refractivity contribution in [2.75, 3.05) is 32.7 Å². The van der Waals surface area contributed by atoms with Crippen molar-refractivity contribution in [2.24, 2.45) is 5.92 Å². The maximum Gasteiger partial charge on any atom is 0.270 e. The number of aromatic nitrogens is 1. The zero-order valence-electron chi connectivity index (χ0n) is 17.7. The van der Waals surface area contributed by atoms with Crippen LogP contribution in [0.4, 0.5) is 0 Å². The van der Waals surface area contributed by atoms with E-state index in [1.165, 1.54) is 0 Å². The second-order valence-corrected chi connectivity index (χ2v) is 8.42. The fourth-order valence-corrected chi connectivity index (χ4v) is 4.19. The number of piperidine rings is 1. The molecule has 0 aromatic carbocycles. The number of hydrogen-bond donors (Lipinski definition) is 2. The Bertz CT molecular complexity index is 723. The first-order chi connectivity index (χ1) is 14.0. The van der Waals surface area contributed by atoms with Gasteiger partial charge in [0.15, 0.2) is 5.78 Å². The number of aromatic amines is 1. The number of Topliss-reactive ketones (excluding diaryl/α,β-unsaturated/α-hetero) is 1. The molecule has 29 heavy (non-hydrogen) atoms. The Labute approximate surface area is 173 Å². The van der Waals surface area contributed by atoms with Gasteiger partial charge in [0.05, 0.1) is 12.5 Å². The van der Waals surface area contributed by atoms with Gasteiger partial charge in [0.1, 0.15) is 5.69 Å². The van der Waals surface area contributed by atoms with Crippen molar-refractivity contribution < 1.29 is 14.4 Å². The van der Waals surface area contributed by atoms with Crippen LogP contribution < -0.4 is 5.32 Å². The highest BCUT2D eigenvalue weighted by molar-refractivity contribution is 6.01. The van der Waals surface area contributed by atoms with Crippen LogP contribution in [0, 0.1) is 5.92 Å². The van der Waals surface area contributed by atoms with E-state index in [0.29, 0.717) is 17.8 Å². The number of ketones is 1. The molecule has 7 heteroatoms. The van der Waals surface area contributed by atoms with E-state index in [-0.39, 0.29) is 36.1 Å². The molecule has 0 radical (unpaired) electrons. The molecule has 2 aliphatic heterocycles. The molecule has 3 heterocycles. The quantitative estimate of drug-likeness (QED) is 0.517. The van der Waals surface area contributed by atoms with E-state index in [4.69, 9.17) is 0 Å². The highest BCUT2D eigenvalue weighted by Gasteiger charge is 2.31. The van der Waals surface area contributed by atoms with Crippen LogP contribution >= 0.6 is 0 Å². The summed E-state index contributed by atoms with van der Waals surface area (Å²) in [7, 11) is 0. The summed E-state index contributed by atoms with van der Waals surface area (Å²) in [6.45, 7) is 7.38. The van der Waals surface area contributed by atoms with Gasteiger partial charge in [-0.1, -0.05) is 13.3 Å². The van der Waals surface area contributed by atoms with Gasteiger partial charge in [0.2, 0.25) is 5.91 Å². The fourth-order valence-electron chi connectivity index (χ4n) is 4.19. The van der Waals surface area contributed by atoms with Crippen molar-refractivity contribution in [1.82, 2.24) is 20.1 Å². The molecule has 0 spiro atoms. The molecule has 0 saturated carbocycles. The van der Waals surface area contributed by atoms with Crippen LogP contribution in [0.1, 0.15) is 73.2 Å². The molecule has 7 nitrogen and oxygen atoms in total. The number of amides is 2. The number of carbonyl (C=O) groups excluding carboxylic acids is 3. The van der Waals surface area contributed by atoms with Crippen molar-refractivity contribution in [1.29, 1.82) is 0 Å². The summed E-state index contributed by atoms with van der Waals surface area (Å²) in [6, 6.07) is 1.94. The summed E-state index contributed by atoms with van der Waals surface area (Å²) in [5.74, 6) is -0.00496. The molecule has 2 unspecified atom stereocenters. The minimum Gasteiger partial charge on any atom is -0.356 e. The molecule has 3 rings (SSSR count). The van der Waals surface area contributed by atoms with Crippen LogP contribution in [-0.2, 0) is 4.79 Å². The molecule has 2 saturated heterocycles. The van der Waals surface area contributed by atoms with E-state index in [2.05, 4.69) is 29.0 Å². The molecule has 0 aliphatic carbocycles. The van der Waals surface area contributed by atoms with Gasteiger partial charge in [0.25, 0.3) is 5.91 Å². The van der Waals surface area contributed by atoms with Gasteiger partial charge in [-0.05, 0) is 45.1 Å². The maximum atomic E-state index is 12.8. The van der Waals surface area contributed by atoms with Gasteiger partial charge in [-0.15, -0.1) is 0 Å². The summed E-state index contributed by atoms with van der Waals surface area (Å²) in [4.78, 5) is 44.6. The largest absolute Gasteiger partial charge is 0.356 e. The Morgan fingerprint density at radius 3 is 2.69 bits per heavy atom. The number of unbranched alkanes of at least 4 members (excludes halogenated alkanes) is 1. The highest BCUT2D eigenvalue weighted by atomic mass is 16.2. The van der Waals surface area contributed by atoms with Crippen LogP contribution in [-0.4, -0.2) is 71.1 Å². The predicted octanol–water partition coefficient (Wildman–Crippen LogP) is 2.45. The molecule has 160 valence electrons. The molecule has 1 aromatic rings. The van der Waals surface area contributed by atoms with Gasteiger partial charge in [-0.25, -0.2) is 0 Å². The molecular formula is C22H34N4O3. The summed E-state index contributed by atoms with van der Waals surface area (Å²) in [5.41, 5.74) is 1.02. The molecule has 2 amide bonds. The van der Waals surface area contributed by atoms with Crippen LogP contribution in [0.5, 0.6) is 0 Å². The topological polar surface area (TPSA) is 85.5 Å². The molecule has 1 aromatic heterocycles. The zero-order chi connectivity index (χ0) is 20.8. The van der Waals surface area contributed by atoms with Crippen LogP contribution in [0.25, 0.3) is 0 Å². The summed E-state index contributed by atoms with van der Waals surface area (Å²) < 4.78 is 0. The van der Waals surface area contributed by atoms with Gasteiger partial charge >= 0.3 is 0 Å². The normalized spacial score (nSPS) is 22.6. The predicted molar refractivity (Wildman–Crippen MR) is 112 cm³/mol. The third-order valence-electron chi connectivity index (χ3n) is 6.19.